The monoisotopic (exact) mass is 286 g/mol. The smallest absolute Gasteiger partial charge is 0.330 e. The maximum atomic E-state index is 12.1. The normalized spacial score (nSPS) is 10.7. The molecule has 108 valence electrons. The van der Waals surface area contributed by atoms with E-state index < -0.39 is 5.97 Å². The molecule has 0 atom stereocenters. The number of fused-ring (bicyclic) bond motifs is 1. The van der Waals surface area contributed by atoms with E-state index >= 15 is 0 Å². The number of rotatable bonds is 4. The van der Waals surface area contributed by atoms with Gasteiger partial charge in [-0.3, -0.25) is 9.59 Å². The van der Waals surface area contributed by atoms with E-state index in [1.54, 1.807) is 24.3 Å². The molecule has 0 spiro atoms. The molecule has 0 unspecified atom stereocenters. The summed E-state index contributed by atoms with van der Waals surface area (Å²) in [6, 6.07) is 8.30. The molecule has 0 radical (unpaired) electrons. The zero-order valence-electron chi connectivity index (χ0n) is 11.4. The average Bonchev–Trinajstić information content (AvgIpc) is 2.50. The summed E-state index contributed by atoms with van der Waals surface area (Å²) in [7, 11) is 1.27. The highest BCUT2D eigenvalue weighted by molar-refractivity contribution is 6.05. The maximum Gasteiger partial charge on any atom is 0.330 e. The van der Waals surface area contributed by atoms with Crippen molar-refractivity contribution in [1.82, 2.24) is 10.3 Å². The lowest BCUT2D eigenvalue weighted by Crippen LogP contribution is -2.25. The number of esters is 1. The molecule has 1 heterocycles. The van der Waals surface area contributed by atoms with Crippen LogP contribution in [0.15, 0.2) is 47.3 Å². The number of benzene rings is 1. The van der Waals surface area contributed by atoms with Crippen molar-refractivity contribution in [3.05, 3.63) is 58.4 Å². The highest BCUT2D eigenvalue weighted by atomic mass is 16.5. The van der Waals surface area contributed by atoms with Crippen molar-refractivity contribution in [1.29, 1.82) is 0 Å². The lowest BCUT2D eigenvalue weighted by molar-refractivity contribution is -0.134. The van der Waals surface area contributed by atoms with Crippen molar-refractivity contribution in [2.75, 3.05) is 13.7 Å². The van der Waals surface area contributed by atoms with Crippen LogP contribution in [-0.2, 0) is 9.53 Å². The van der Waals surface area contributed by atoms with Gasteiger partial charge in [-0.15, -0.1) is 0 Å². The maximum absolute atomic E-state index is 12.1. The third kappa shape index (κ3) is 3.56. The SMILES string of the molecule is COC(=O)/C=C/CNC(=O)c1cc(=O)[nH]c2ccccc12. The molecule has 1 aromatic carbocycles. The number of methoxy groups -OCH3 is 1. The van der Waals surface area contributed by atoms with Gasteiger partial charge in [-0.05, 0) is 6.07 Å². The highest BCUT2D eigenvalue weighted by Gasteiger charge is 2.10. The number of para-hydroxylation sites is 1. The molecule has 1 amide bonds. The molecule has 0 saturated heterocycles. The molecule has 0 fully saturated rings. The zero-order valence-corrected chi connectivity index (χ0v) is 11.4. The first-order valence-corrected chi connectivity index (χ1v) is 6.26. The lowest BCUT2D eigenvalue weighted by atomic mass is 10.1. The van der Waals surface area contributed by atoms with E-state index in [-0.39, 0.29) is 18.0 Å². The number of hydrogen-bond acceptors (Lipinski definition) is 4. The average molecular weight is 286 g/mol. The number of nitrogens with one attached hydrogen (secondary N) is 2. The molecular weight excluding hydrogens is 272 g/mol. The molecular formula is C15H14N2O4. The number of carbonyl (C=O) groups excluding carboxylic acids is 2. The Bertz CT molecular complexity index is 762. The third-order valence-corrected chi connectivity index (χ3v) is 2.83. The van der Waals surface area contributed by atoms with E-state index in [0.717, 1.165) is 0 Å². The van der Waals surface area contributed by atoms with Crippen molar-refractivity contribution in [2.24, 2.45) is 0 Å². The van der Waals surface area contributed by atoms with Gasteiger partial charge in [0.1, 0.15) is 0 Å². The van der Waals surface area contributed by atoms with Gasteiger partial charge < -0.3 is 15.0 Å². The van der Waals surface area contributed by atoms with Crippen molar-refractivity contribution in [3.8, 4) is 0 Å². The van der Waals surface area contributed by atoms with E-state index in [4.69, 9.17) is 0 Å². The van der Waals surface area contributed by atoms with Crippen molar-refractivity contribution in [3.63, 3.8) is 0 Å². The predicted octanol–water partition coefficient (Wildman–Crippen LogP) is 0.987. The highest BCUT2D eigenvalue weighted by Crippen LogP contribution is 2.14. The largest absolute Gasteiger partial charge is 0.466 e. The number of pyridine rings is 1. The molecule has 0 aliphatic rings. The van der Waals surface area contributed by atoms with Crippen LogP contribution < -0.4 is 10.9 Å². The van der Waals surface area contributed by atoms with Gasteiger partial charge in [-0.1, -0.05) is 24.3 Å². The fourth-order valence-corrected chi connectivity index (χ4v) is 1.86. The summed E-state index contributed by atoms with van der Waals surface area (Å²) < 4.78 is 4.43. The third-order valence-electron chi connectivity index (χ3n) is 2.83. The van der Waals surface area contributed by atoms with Gasteiger partial charge in [-0.25, -0.2) is 4.79 Å². The summed E-state index contributed by atoms with van der Waals surface area (Å²) in [4.78, 5) is 37.2. The molecule has 1 aromatic heterocycles. The van der Waals surface area contributed by atoms with E-state index in [1.807, 2.05) is 0 Å². The van der Waals surface area contributed by atoms with Crippen LogP contribution in [0.2, 0.25) is 0 Å². The van der Waals surface area contributed by atoms with Gasteiger partial charge in [0.25, 0.3) is 5.91 Å². The molecule has 6 heteroatoms. The minimum Gasteiger partial charge on any atom is -0.466 e. The lowest BCUT2D eigenvalue weighted by Gasteiger charge is -2.06. The van der Waals surface area contributed by atoms with Gasteiger partial charge in [-0.2, -0.15) is 0 Å². The fourth-order valence-electron chi connectivity index (χ4n) is 1.86. The molecule has 2 rings (SSSR count). The number of H-pyrrole nitrogens is 1. The van der Waals surface area contributed by atoms with Crippen LogP contribution in [-0.4, -0.2) is 30.5 Å². The number of carbonyl (C=O) groups is 2. The van der Waals surface area contributed by atoms with E-state index in [2.05, 4.69) is 15.0 Å². The standard InChI is InChI=1S/C15H14N2O4/c1-21-14(19)7-4-8-16-15(20)11-9-13(18)17-12-6-3-2-5-10(11)12/h2-7,9H,8H2,1H3,(H,16,20)(H,17,18)/b7-4+. The van der Waals surface area contributed by atoms with Crippen LogP contribution in [0, 0.1) is 0 Å². The van der Waals surface area contributed by atoms with Crippen LogP contribution in [0.4, 0.5) is 0 Å². The second-order valence-electron chi connectivity index (χ2n) is 4.23. The fraction of sp³-hybridized carbons (Fsp3) is 0.133. The van der Waals surface area contributed by atoms with E-state index in [0.29, 0.717) is 16.5 Å². The van der Waals surface area contributed by atoms with Crippen LogP contribution in [0.5, 0.6) is 0 Å². The second-order valence-corrected chi connectivity index (χ2v) is 4.23. The number of aromatic nitrogens is 1. The molecule has 0 aliphatic carbocycles. The van der Waals surface area contributed by atoms with E-state index in [1.165, 1.54) is 25.3 Å². The Morgan fingerprint density at radius 3 is 2.86 bits per heavy atom. The number of ether oxygens (including phenoxy) is 1. The summed E-state index contributed by atoms with van der Waals surface area (Å²) in [6.07, 6.45) is 2.69. The van der Waals surface area contributed by atoms with Crippen molar-refractivity contribution < 1.29 is 14.3 Å². The van der Waals surface area contributed by atoms with Gasteiger partial charge in [0.2, 0.25) is 5.56 Å². The first kappa shape index (κ1) is 14.5. The quantitative estimate of drug-likeness (QED) is 0.648. The molecule has 2 aromatic rings. The first-order chi connectivity index (χ1) is 10.1. The number of hydrogen-bond donors (Lipinski definition) is 2. The molecule has 2 N–H and O–H groups in total. The van der Waals surface area contributed by atoms with Gasteiger partial charge >= 0.3 is 5.97 Å². The Kier molecular flexibility index (Phi) is 4.50. The van der Waals surface area contributed by atoms with Crippen molar-refractivity contribution in [2.45, 2.75) is 0 Å². The Morgan fingerprint density at radius 2 is 2.10 bits per heavy atom. The Balaban J connectivity index is 2.18. The van der Waals surface area contributed by atoms with Crippen molar-refractivity contribution >= 4 is 22.8 Å². The minimum atomic E-state index is -0.495. The summed E-state index contributed by atoms with van der Waals surface area (Å²) in [5, 5.41) is 3.27. The van der Waals surface area contributed by atoms with Gasteiger partial charge in [0.05, 0.1) is 12.7 Å². The van der Waals surface area contributed by atoms with Crippen LogP contribution in [0.25, 0.3) is 10.9 Å². The van der Waals surface area contributed by atoms with Crippen LogP contribution in [0.1, 0.15) is 10.4 Å². The molecule has 21 heavy (non-hydrogen) atoms. The van der Waals surface area contributed by atoms with E-state index in [9.17, 15) is 14.4 Å². The second kappa shape index (κ2) is 6.51. The Hall–Kier alpha value is -2.89. The number of amides is 1. The van der Waals surface area contributed by atoms with Gasteiger partial charge in [0.15, 0.2) is 0 Å². The summed E-state index contributed by atoms with van der Waals surface area (Å²) in [5.41, 5.74) is 0.546. The summed E-state index contributed by atoms with van der Waals surface area (Å²) in [6.45, 7) is 0.162. The Morgan fingerprint density at radius 1 is 1.33 bits per heavy atom. The van der Waals surface area contributed by atoms with Crippen LogP contribution >= 0.6 is 0 Å². The van der Waals surface area contributed by atoms with Crippen LogP contribution in [0.3, 0.4) is 0 Å². The predicted molar refractivity (Wildman–Crippen MR) is 78.1 cm³/mol. The topological polar surface area (TPSA) is 88.3 Å². The van der Waals surface area contributed by atoms with Gasteiger partial charge in [0, 0.05) is 29.6 Å². The molecule has 0 bridgehead atoms. The first-order valence-electron chi connectivity index (χ1n) is 6.26. The summed E-state index contributed by atoms with van der Waals surface area (Å²) >= 11 is 0. The molecule has 0 aliphatic heterocycles. The number of aromatic amines is 1. The Labute approximate surface area is 120 Å². The molecule has 0 saturated carbocycles. The zero-order chi connectivity index (χ0) is 15.2. The minimum absolute atomic E-state index is 0.162. The summed E-state index contributed by atoms with van der Waals surface area (Å²) in [5.74, 6) is -0.877. The molecule has 6 nitrogen and oxygen atoms in total.